The number of pyridine rings is 1. The summed E-state index contributed by atoms with van der Waals surface area (Å²) in [5.74, 6) is -1.02. The zero-order chi connectivity index (χ0) is 22.9. The molecule has 0 saturated heterocycles. The lowest BCUT2D eigenvalue weighted by atomic mass is 10.1. The number of rotatable bonds is 3. The molecule has 1 aromatic heterocycles. The maximum Gasteiger partial charge on any atom is 0.258 e. The maximum atomic E-state index is 13.1. The zero-order valence-corrected chi connectivity index (χ0v) is 17.3. The van der Waals surface area contributed by atoms with Gasteiger partial charge in [0.25, 0.3) is 11.8 Å². The Kier molecular flexibility index (Phi) is 4.95. The van der Waals surface area contributed by atoms with E-state index in [2.05, 4.69) is 15.6 Å². The summed E-state index contributed by atoms with van der Waals surface area (Å²) in [5.41, 5.74) is 2.51. The van der Waals surface area contributed by atoms with Crippen LogP contribution in [0.3, 0.4) is 0 Å². The lowest BCUT2D eigenvalue weighted by Crippen LogP contribution is -2.42. The van der Waals surface area contributed by atoms with E-state index >= 15 is 0 Å². The Morgan fingerprint density at radius 1 is 0.879 bits per heavy atom. The van der Waals surface area contributed by atoms with Crippen LogP contribution in [0, 0.1) is 0 Å². The van der Waals surface area contributed by atoms with Crippen molar-refractivity contribution in [2.45, 2.75) is 0 Å². The summed E-state index contributed by atoms with van der Waals surface area (Å²) in [6.45, 7) is -0.0794. The second-order valence-electron chi connectivity index (χ2n) is 7.58. The highest BCUT2D eigenvalue weighted by molar-refractivity contribution is 6.15. The molecule has 4 aromatic rings. The first kappa shape index (κ1) is 20.2. The van der Waals surface area contributed by atoms with Gasteiger partial charge >= 0.3 is 0 Å². The number of hydrogen-bond acceptors (Lipinski definition) is 4. The monoisotopic (exact) mass is 438 g/mol. The highest BCUT2D eigenvalue weighted by Crippen LogP contribution is 2.30. The van der Waals surface area contributed by atoms with Gasteiger partial charge in [0.05, 0.1) is 16.9 Å². The first-order valence-electron chi connectivity index (χ1n) is 10.2. The molecule has 2 heterocycles. The number of amides is 3. The molecule has 0 fully saturated rings. The Morgan fingerprint density at radius 2 is 1.61 bits per heavy atom. The van der Waals surface area contributed by atoms with Crippen molar-refractivity contribution in [1.29, 1.82) is 0 Å². The number of hydrogen-bond donors (Lipinski definition) is 3. The Hall–Kier alpha value is -4.72. The third kappa shape index (κ3) is 3.85. The second kappa shape index (κ2) is 8.08. The predicted molar refractivity (Wildman–Crippen MR) is 126 cm³/mol. The molecule has 5 rings (SSSR count). The molecule has 3 amide bonds. The van der Waals surface area contributed by atoms with Crippen LogP contribution in [0.15, 0.2) is 83.7 Å². The van der Waals surface area contributed by atoms with Gasteiger partial charge in [0.1, 0.15) is 6.54 Å². The van der Waals surface area contributed by atoms with Gasteiger partial charge in [0.2, 0.25) is 11.5 Å². The van der Waals surface area contributed by atoms with E-state index in [0.29, 0.717) is 33.5 Å². The zero-order valence-electron chi connectivity index (χ0n) is 17.3. The average molecular weight is 438 g/mol. The van der Waals surface area contributed by atoms with Gasteiger partial charge < -0.3 is 15.6 Å². The summed E-state index contributed by atoms with van der Waals surface area (Å²) < 4.78 is 0. The van der Waals surface area contributed by atoms with Crippen molar-refractivity contribution in [1.82, 2.24) is 4.98 Å². The van der Waals surface area contributed by atoms with E-state index in [1.165, 1.54) is 11.0 Å². The number of para-hydroxylation sites is 3. The number of nitrogens with zero attached hydrogens (tertiary/aromatic N) is 1. The molecule has 3 aromatic carbocycles. The SMILES string of the molecule is O=C1CN(C(=O)c2ccc(NC(=O)c3cc(=O)[nH]c4ccccc34)cc2)c2ccccc2N1. The molecule has 0 atom stereocenters. The number of anilines is 3. The molecule has 0 unspecified atom stereocenters. The highest BCUT2D eigenvalue weighted by atomic mass is 16.2. The topological polar surface area (TPSA) is 111 Å². The molecule has 0 spiro atoms. The van der Waals surface area contributed by atoms with Crippen LogP contribution in [-0.4, -0.2) is 29.3 Å². The quantitative estimate of drug-likeness (QED) is 0.455. The predicted octanol–water partition coefficient (Wildman–Crippen LogP) is 3.38. The van der Waals surface area contributed by atoms with Crippen molar-refractivity contribution in [3.8, 4) is 0 Å². The largest absolute Gasteiger partial charge is 0.323 e. The fourth-order valence-corrected chi connectivity index (χ4v) is 3.86. The third-order valence-electron chi connectivity index (χ3n) is 5.40. The summed E-state index contributed by atoms with van der Waals surface area (Å²) in [6.07, 6.45) is 0. The van der Waals surface area contributed by atoms with Gasteiger partial charge in [-0.2, -0.15) is 0 Å². The van der Waals surface area contributed by atoms with Gasteiger partial charge in [-0.3, -0.25) is 24.1 Å². The van der Waals surface area contributed by atoms with Crippen molar-refractivity contribution >= 4 is 45.7 Å². The third-order valence-corrected chi connectivity index (χ3v) is 5.40. The lowest BCUT2D eigenvalue weighted by molar-refractivity contribution is -0.115. The van der Waals surface area contributed by atoms with Crippen molar-refractivity contribution in [3.63, 3.8) is 0 Å². The average Bonchev–Trinajstić information content (AvgIpc) is 2.83. The molecule has 1 aliphatic rings. The van der Waals surface area contributed by atoms with E-state index in [9.17, 15) is 19.2 Å². The number of H-pyrrole nitrogens is 1. The smallest absolute Gasteiger partial charge is 0.258 e. The van der Waals surface area contributed by atoms with E-state index in [1.54, 1.807) is 72.8 Å². The molecule has 0 bridgehead atoms. The van der Waals surface area contributed by atoms with Crippen LogP contribution in [0.5, 0.6) is 0 Å². The highest BCUT2D eigenvalue weighted by Gasteiger charge is 2.27. The molecule has 33 heavy (non-hydrogen) atoms. The maximum absolute atomic E-state index is 13.1. The van der Waals surface area contributed by atoms with E-state index in [-0.39, 0.29) is 29.5 Å². The van der Waals surface area contributed by atoms with Gasteiger partial charge in [-0.05, 0) is 42.5 Å². The normalized spacial score (nSPS) is 12.7. The fourth-order valence-electron chi connectivity index (χ4n) is 3.86. The minimum absolute atomic E-state index is 0.0794. The van der Waals surface area contributed by atoms with Crippen LogP contribution in [0.2, 0.25) is 0 Å². The molecular weight excluding hydrogens is 420 g/mol. The number of aromatic nitrogens is 1. The second-order valence-corrected chi connectivity index (χ2v) is 7.58. The van der Waals surface area contributed by atoms with Crippen LogP contribution in [0.25, 0.3) is 10.9 Å². The first-order chi connectivity index (χ1) is 16.0. The van der Waals surface area contributed by atoms with Gasteiger partial charge in [-0.25, -0.2) is 0 Å². The molecule has 3 N–H and O–H groups in total. The molecule has 0 radical (unpaired) electrons. The summed E-state index contributed by atoms with van der Waals surface area (Å²) in [4.78, 5) is 54.0. The molecule has 8 nitrogen and oxygen atoms in total. The summed E-state index contributed by atoms with van der Waals surface area (Å²) in [7, 11) is 0. The molecule has 162 valence electrons. The molecule has 1 aliphatic heterocycles. The molecule has 0 aliphatic carbocycles. The standard InChI is InChI=1S/C25H18N4O4/c30-22-13-18(17-5-1-2-6-19(17)27-22)24(32)26-16-11-9-15(10-12-16)25(33)29-14-23(31)28-20-7-3-4-8-21(20)29/h1-13H,14H2,(H,26,32)(H,27,30)(H,28,31). The van der Waals surface area contributed by atoms with E-state index in [4.69, 9.17) is 0 Å². The van der Waals surface area contributed by atoms with Crippen molar-refractivity contribution in [2.24, 2.45) is 0 Å². The van der Waals surface area contributed by atoms with E-state index in [1.807, 2.05) is 0 Å². The molecule has 8 heteroatoms. The Bertz CT molecular complexity index is 1470. The minimum Gasteiger partial charge on any atom is -0.323 e. The Labute approximate surface area is 187 Å². The van der Waals surface area contributed by atoms with Gasteiger partial charge in [0.15, 0.2) is 0 Å². The van der Waals surface area contributed by atoms with Crippen LogP contribution in [-0.2, 0) is 4.79 Å². The van der Waals surface area contributed by atoms with Crippen molar-refractivity contribution in [2.75, 3.05) is 22.1 Å². The molecular formula is C25H18N4O4. The van der Waals surface area contributed by atoms with Gasteiger partial charge in [0, 0.05) is 28.2 Å². The summed E-state index contributed by atoms with van der Waals surface area (Å²) in [5, 5.41) is 6.15. The van der Waals surface area contributed by atoms with Crippen molar-refractivity contribution < 1.29 is 14.4 Å². The number of nitrogens with one attached hydrogen (secondary N) is 3. The molecule has 0 saturated carbocycles. The summed E-state index contributed by atoms with van der Waals surface area (Å²) >= 11 is 0. The fraction of sp³-hybridized carbons (Fsp3) is 0.0400. The summed E-state index contributed by atoms with van der Waals surface area (Å²) in [6, 6.07) is 21.8. The number of benzene rings is 3. The first-order valence-corrected chi connectivity index (χ1v) is 10.2. The van der Waals surface area contributed by atoms with Gasteiger partial charge in [-0.1, -0.05) is 30.3 Å². The van der Waals surface area contributed by atoms with Crippen LogP contribution >= 0.6 is 0 Å². The van der Waals surface area contributed by atoms with Crippen LogP contribution in [0.4, 0.5) is 17.1 Å². The number of carbonyl (C=O) groups excluding carboxylic acids is 3. The van der Waals surface area contributed by atoms with E-state index in [0.717, 1.165) is 0 Å². The van der Waals surface area contributed by atoms with Crippen LogP contribution in [0.1, 0.15) is 20.7 Å². The van der Waals surface area contributed by atoms with E-state index < -0.39 is 5.91 Å². The van der Waals surface area contributed by atoms with Gasteiger partial charge in [-0.15, -0.1) is 0 Å². The van der Waals surface area contributed by atoms with Crippen molar-refractivity contribution in [3.05, 3.63) is 100 Å². The lowest BCUT2D eigenvalue weighted by Gasteiger charge is -2.29. The minimum atomic E-state index is -0.432. The number of aromatic amines is 1. The number of fused-ring (bicyclic) bond motifs is 2. The van der Waals surface area contributed by atoms with Crippen LogP contribution < -0.4 is 21.1 Å². The Balaban J connectivity index is 1.38. The Morgan fingerprint density at radius 3 is 2.42 bits per heavy atom. The number of carbonyl (C=O) groups is 3.